The van der Waals surface area contributed by atoms with Crippen molar-refractivity contribution in [1.82, 2.24) is 0 Å². The number of aliphatic hydroxyl groups excluding tert-OH is 1. The summed E-state index contributed by atoms with van der Waals surface area (Å²) in [5, 5.41) is 22.2. The lowest BCUT2D eigenvalue weighted by Crippen LogP contribution is -2.29. The van der Waals surface area contributed by atoms with E-state index in [1.54, 1.807) is 36.4 Å². The van der Waals surface area contributed by atoms with E-state index in [9.17, 15) is 19.8 Å². The lowest BCUT2D eigenvalue weighted by molar-refractivity contribution is -0.132. The van der Waals surface area contributed by atoms with Crippen LogP contribution in [0.4, 0.5) is 11.4 Å². The number of aryl methyl sites for hydroxylation is 1. The van der Waals surface area contributed by atoms with Crippen LogP contribution in [0.2, 0.25) is 0 Å². The van der Waals surface area contributed by atoms with Gasteiger partial charge >= 0.3 is 0 Å². The fraction of sp³-hybridized carbons (Fsp3) is 0.333. The Bertz CT molecular complexity index is 1370. The van der Waals surface area contributed by atoms with Gasteiger partial charge in [-0.2, -0.15) is 0 Å². The third kappa shape index (κ3) is 5.83. The third-order valence-electron chi connectivity index (χ3n) is 7.32. The number of benzene rings is 3. The van der Waals surface area contributed by atoms with E-state index in [-0.39, 0.29) is 22.8 Å². The lowest BCUT2D eigenvalue weighted by Gasteiger charge is -2.27. The van der Waals surface area contributed by atoms with Gasteiger partial charge < -0.3 is 19.8 Å². The minimum absolute atomic E-state index is 0.0295. The molecule has 3 aromatic carbocycles. The smallest absolute Gasteiger partial charge is 0.300 e. The Morgan fingerprint density at radius 1 is 0.925 bits per heavy atom. The molecule has 7 nitrogen and oxygen atoms in total. The highest BCUT2D eigenvalue weighted by molar-refractivity contribution is 6.52. The van der Waals surface area contributed by atoms with Crippen LogP contribution in [-0.2, 0) is 9.59 Å². The maximum atomic E-state index is 13.5. The number of anilines is 2. The van der Waals surface area contributed by atoms with Crippen LogP contribution in [0.15, 0.2) is 72.3 Å². The van der Waals surface area contributed by atoms with Crippen molar-refractivity contribution < 1.29 is 24.5 Å². The fourth-order valence-corrected chi connectivity index (χ4v) is 5.09. The van der Waals surface area contributed by atoms with Crippen molar-refractivity contribution in [3.05, 3.63) is 89.0 Å². The Morgan fingerprint density at radius 2 is 1.60 bits per heavy atom. The maximum absolute atomic E-state index is 13.5. The normalized spacial score (nSPS) is 16.4. The van der Waals surface area contributed by atoms with Gasteiger partial charge in [0.25, 0.3) is 11.7 Å². The molecule has 1 aliphatic heterocycles. The molecule has 40 heavy (non-hydrogen) atoms. The molecule has 0 bridgehead atoms. The molecule has 7 heteroatoms. The van der Waals surface area contributed by atoms with Gasteiger partial charge in [-0.15, -0.1) is 0 Å². The first-order valence-electron chi connectivity index (χ1n) is 14.0. The average Bonchev–Trinajstić information content (AvgIpc) is 3.23. The zero-order chi connectivity index (χ0) is 28.8. The van der Waals surface area contributed by atoms with Crippen molar-refractivity contribution in [2.24, 2.45) is 0 Å². The third-order valence-corrected chi connectivity index (χ3v) is 7.32. The monoisotopic (exact) mass is 542 g/mol. The van der Waals surface area contributed by atoms with E-state index in [1.165, 1.54) is 11.0 Å². The van der Waals surface area contributed by atoms with Gasteiger partial charge in [-0.25, -0.2) is 0 Å². The summed E-state index contributed by atoms with van der Waals surface area (Å²) in [6.07, 6.45) is 3.15. The molecule has 210 valence electrons. The van der Waals surface area contributed by atoms with Gasteiger partial charge in [0.05, 0.1) is 23.9 Å². The number of unbranched alkanes of at least 4 members (excludes halogenated alkanes) is 2. The standard InChI is InChI=1S/C33H38N2O5/c1-5-8-9-20-40-26-17-13-24(14-18-26)31(37)29-30(23-11-15-25(16-12-23)34(6-2)7-3)35(33(39)32(29)38)27-21-22(4)10-19-28(27)36/h10-19,21,30,36-37H,5-9,20H2,1-4H3/b31-29+. The van der Waals surface area contributed by atoms with Gasteiger partial charge in [0.2, 0.25) is 0 Å². The molecule has 0 aliphatic carbocycles. The van der Waals surface area contributed by atoms with Crippen LogP contribution in [0.3, 0.4) is 0 Å². The summed E-state index contributed by atoms with van der Waals surface area (Å²) in [4.78, 5) is 30.5. The number of hydrogen-bond acceptors (Lipinski definition) is 6. The van der Waals surface area contributed by atoms with E-state index in [0.29, 0.717) is 23.5 Å². The van der Waals surface area contributed by atoms with Crippen LogP contribution in [-0.4, -0.2) is 41.6 Å². The summed E-state index contributed by atoms with van der Waals surface area (Å²) < 4.78 is 5.79. The predicted molar refractivity (Wildman–Crippen MR) is 159 cm³/mol. The molecule has 1 unspecified atom stereocenters. The Labute approximate surface area is 236 Å². The number of aromatic hydroxyl groups is 1. The molecule has 1 heterocycles. The first kappa shape index (κ1) is 28.7. The van der Waals surface area contributed by atoms with E-state index in [0.717, 1.165) is 43.6 Å². The molecule has 1 atom stereocenters. The van der Waals surface area contributed by atoms with E-state index in [1.807, 2.05) is 31.2 Å². The van der Waals surface area contributed by atoms with Crippen LogP contribution < -0.4 is 14.5 Å². The summed E-state index contributed by atoms with van der Waals surface area (Å²) in [7, 11) is 0. The number of carbonyl (C=O) groups excluding carboxylic acids is 2. The number of rotatable bonds is 11. The summed E-state index contributed by atoms with van der Waals surface area (Å²) in [6.45, 7) is 10.4. The van der Waals surface area contributed by atoms with E-state index in [4.69, 9.17) is 4.74 Å². The summed E-state index contributed by atoms with van der Waals surface area (Å²) in [6, 6.07) is 18.5. The SMILES string of the molecule is CCCCCOc1ccc(/C(O)=C2\C(=O)C(=O)N(c3cc(C)ccc3O)C2c2ccc(N(CC)CC)cc2)cc1. The second kappa shape index (κ2) is 12.7. The number of amides is 1. The molecule has 4 rings (SSSR count). The summed E-state index contributed by atoms with van der Waals surface area (Å²) >= 11 is 0. The van der Waals surface area contributed by atoms with Crippen molar-refractivity contribution in [3.63, 3.8) is 0 Å². The number of ether oxygens (including phenoxy) is 1. The van der Waals surface area contributed by atoms with Gasteiger partial charge in [0, 0.05) is 24.3 Å². The number of ketones is 1. The highest BCUT2D eigenvalue weighted by Crippen LogP contribution is 2.45. The first-order chi connectivity index (χ1) is 19.3. The van der Waals surface area contributed by atoms with Gasteiger partial charge in [-0.05, 0) is 86.8 Å². The molecule has 1 fully saturated rings. The number of Topliss-reactive ketones (excluding diaryl/α,β-unsaturated/α-hetero) is 1. The number of nitrogens with zero attached hydrogens (tertiary/aromatic N) is 2. The second-order valence-electron chi connectivity index (χ2n) is 10.0. The number of hydrogen-bond donors (Lipinski definition) is 2. The lowest BCUT2D eigenvalue weighted by atomic mass is 9.94. The predicted octanol–water partition coefficient (Wildman–Crippen LogP) is 6.74. The minimum atomic E-state index is -0.927. The van der Waals surface area contributed by atoms with Crippen LogP contribution in [0.5, 0.6) is 11.5 Å². The van der Waals surface area contributed by atoms with Gasteiger partial charge in [-0.3, -0.25) is 14.5 Å². The molecular formula is C33H38N2O5. The van der Waals surface area contributed by atoms with Crippen molar-refractivity contribution >= 4 is 28.8 Å². The average molecular weight is 543 g/mol. The molecule has 1 saturated heterocycles. The van der Waals surface area contributed by atoms with Crippen LogP contribution in [0, 0.1) is 6.92 Å². The number of phenolic OH excluding ortho intramolecular Hbond substituents is 1. The molecule has 1 amide bonds. The summed E-state index contributed by atoms with van der Waals surface area (Å²) in [5.74, 6) is -1.35. The molecule has 2 N–H and O–H groups in total. The molecule has 3 aromatic rings. The van der Waals surface area contributed by atoms with Crippen molar-refractivity contribution in [3.8, 4) is 11.5 Å². The maximum Gasteiger partial charge on any atom is 0.300 e. The highest BCUT2D eigenvalue weighted by atomic mass is 16.5. The number of carbonyl (C=O) groups is 2. The Morgan fingerprint density at radius 3 is 2.23 bits per heavy atom. The van der Waals surface area contributed by atoms with Gasteiger partial charge in [-0.1, -0.05) is 38.0 Å². The van der Waals surface area contributed by atoms with Crippen molar-refractivity contribution in [1.29, 1.82) is 0 Å². The minimum Gasteiger partial charge on any atom is -0.507 e. The van der Waals surface area contributed by atoms with E-state index in [2.05, 4.69) is 25.7 Å². The molecule has 0 radical (unpaired) electrons. The summed E-state index contributed by atoms with van der Waals surface area (Å²) in [5.41, 5.74) is 3.07. The molecular weight excluding hydrogens is 504 g/mol. The highest BCUT2D eigenvalue weighted by Gasteiger charge is 2.47. The second-order valence-corrected chi connectivity index (χ2v) is 10.0. The zero-order valence-corrected chi connectivity index (χ0v) is 23.7. The Balaban J connectivity index is 1.79. The van der Waals surface area contributed by atoms with Gasteiger partial charge in [0.15, 0.2) is 0 Å². The van der Waals surface area contributed by atoms with Crippen LogP contribution >= 0.6 is 0 Å². The Kier molecular flexibility index (Phi) is 9.15. The molecule has 0 spiro atoms. The zero-order valence-electron chi connectivity index (χ0n) is 23.7. The largest absolute Gasteiger partial charge is 0.507 e. The van der Waals surface area contributed by atoms with Gasteiger partial charge in [0.1, 0.15) is 17.3 Å². The van der Waals surface area contributed by atoms with E-state index < -0.39 is 17.7 Å². The topological polar surface area (TPSA) is 90.3 Å². The quantitative estimate of drug-likeness (QED) is 0.121. The molecule has 0 aromatic heterocycles. The number of phenols is 1. The van der Waals surface area contributed by atoms with Crippen LogP contribution in [0.1, 0.15) is 62.8 Å². The number of aliphatic hydroxyl groups is 1. The fourth-order valence-electron chi connectivity index (χ4n) is 5.09. The molecule has 0 saturated carbocycles. The van der Waals surface area contributed by atoms with Crippen LogP contribution in [0.25, 0.3) is 5.76 Å². The van der Waals surface area contributed by atoms with Crippen molar-refractivity contribution in [2.45, 2.75) is 53.0 Å². The Hall–Kier alpha value is -4.26. The first-order valence-corrected chi connectivity index (χ1v) is 14.0. The molecule has 1 aliphatic rings. The van der Waals surface area contributed by atoms with Crippen molar-refractivity contribution in [2.75, 3.05) is 29.5 Å². The van der Waals surface area contributed by atoms with E-state index >= 15 is 0 Å².